The molecule has 4 rings (SSSR count). The zero-order valence-corrected chi connectivity index (χ0v) is 12.6. The SMILES string of the molecule is O=C1C[C@H]2N(Cc3ccc(OC(F)F)cc3)CC[C@]23OCCN13. The summed E-state index contributed by atoms with van der Waals surface area (Å²) in [6.45, 7) is 0.0167. The molecule has 1 amide bonds. The van der Waals surface area contributed by atoms with Crippen LogP contribution in [0.15, 0.2) is 24.3 Å². The smallest absolute Gasteiger partial charge is 0.387 e. The third kappa shape index (κ3) is 2.38. The van der Waals surface area contributed by atoms with Crippen LogP contribution in [0.4, 0.5) is 8.78 Å². The lowest BCUT2D eigenvalue weighted by atomic mass is 10.1. The molecule has 1 aromatic rings. The first-order valence-corrected chi connectivity index (χ1v) is 7.81. The monoisotopic (exact) mass is 324 g/mol. The lowest BCUT2D eigenvalue weighted by Gasteiger charge is -2.31. The van der Waals surface area contributed by atoms with Crippen LogP contribution in [0.3, 0.4) is 0 Å². The highest BCUT2D eigenvalue weighted by Crippen LogP contribution is 2.45. The number of hydrogen-bond donors (Lipinski definition) is 0. The fourth-order valence-electron chi connectivity index (χ4n) is 4.08. The van der Waals surface area contributed by atoms with Gasteiger partial charge in [0, 0.05) is 32.5 Å². The van der Waals surface area contributed by atoms with Crippen molar-refractivity contribution in [3.63, 3.8) is 0 Å². The minimum atomic E-state index is -2.81. The maximum Gasteiger partial charge on any atom is 0.387 e. The first-order valence-electron chi connectivity index (χ1n) is 7.81. The number of likely N-dealkylation sites (tertiary alicyclic amines) is 1. The van der Waals surface area contributed by atoms with Gasteiger partial charge in [-0.05, 0) is 17.7 Å². The van der Waals surface area contributed by atoms with E-state index in [2.05, 4.69) is 9.64 Å². The second-order valence-electron chi connectivity index (χ2n) is 6.20. The van der Waals surface area contributed by atoms with Crippen molar-refractivity contribution in [2.45, 2.75) is 37.8 Å². The van der Waals surface area contributed by atoms with Gasteiger partial charge in [-0.15, -0.1) is 0 Å². The molecule has 3 fully saturated rings. The Hall–Kier alpha value is -1.73. The molecule has 1 aromatic carbocycles. The van der Waals surface area contributed by atoms with E-state index in [1.54, 1.807) is 24.3 Å². The number of nitrogens with zero attached hydrogens (tertiary/aromatic N) is 2. The molecule has 7 heteroatoms. The van der Waals surface area contributed by atoms with Gasteiger partial charge < -0.3 is 14.4 Å². The number of amides is 1. The molecule has 124 valence electrons. The average molecular weight is 324 g/mol. The second-order valence-corrected chi connectivity index (χ2v) is 6.20. The molecule has 3 aliphatic rings. The Morgan fingerprint density at radius 2 is 2.09 bits per heavy atom. The van der Waals surface area contributed by atoms with E-state index in [9.17, 15) is 13.6 Å². The Bertz CT molecular complexity index is 610. The average Bonchev–Trinajstić information content (AvgIpc) is 3.14. The largest absolute Gasteiger partial charge is 0.435 e. The molecule has 0 saturated carbocycles. The number of carbonyl (C=O) groups excluding carboxylic acids is 1. The summed E-state index contributed by atoms with van der Waals surface area (Å²) in [6, 6.07) is 6.74. The molecule has 5 nitrogen and oxygen atoms in total. The Morgan fingerprint density at radius 3 is 2.83 bits per heavy atom. The van der Waals surface area contributed by atoms with Crippen LogP contribution >= 0.6 is 0 Å². The summed E-state index contributed by atoms with van der Waals surface area (Å²) in [4.78, 5) is 16.3. The van der Waals surface area contributed by atoms with Crippen LogP contribution in [0.5, 0.6) is 5.75 Å². The zero-order valence-electron chi connectivity index (χ0n) is 12.6. The molecule has 0 radical (unpaired) electrons. The topological polar surface area (TPSA) is 42.0 Å². The van der Waals surface area contributed by atoms with Crippen LogP contribution in [0, 0.1) is 0 Å². The van der Waals surface area contributed by atoms with E-state index in [1.807, 2.05) is 4.90 Å². The summed E-state index contributed by atoms with van der Waals surface area (Å²) < 4.78 is 34.7. The summed E-state index contributed by atoms with van der Waals surface area (Å²) in [5.74, 6) is 0.320. The minimum Gasteiger partial charge on any atom is -0.435 e. The van der Waals surface area contributed by atoms with E-state index in [4.69, 9.17) is 4.74 Å². The maximum atomic E-state index is 12.2. The van der Waals surface area contributed by atoms with E-state index in [-0.39, 0.29) is 17.7 Å². The molecule has 0 N–H and O–H groups in total. The lowest BCUT2D eigenvalue weighted by molar-refractivity contribution is -0.136. The maximum absolute atomic E-state index is 12.2. The molecule has 23 heavy (non-hydrogen) atoms. The number of alkyl halides is 2. The van der Waals surface area contributed by atoms with Crippen molar-refractivity contribution >= 4 is 5.91 Å². The number of carbonyl (C=O) groups is 1. The molecule has 0 aliphatic carbocycles. The highest BCUT2D eigenvalue weighted by Gasteiger charge is 2.61. The van der Waals surface area contributed by atoms with Crippen LogP contribution in [0.1, 0.15) is 18.4 Å². The van der Waals surface area contributed by atoms with Crippen molar-refractivity contribution < 1.29 is 23.0 Å². The van der Waals surface area contributed by atoms with Gasteiger partial charge in [0.2, 0.25) is 5.91 Å². The van der Waals surface area contributed by atoms with E-state index >= 15 is 0 Å². The van der Waals surface area contributed by atoms with Gasteiger partial charge in [0.1, 0.15) is 5.75 Å². The number of benzene rings is 1. The van der Waals surface area contributed by atoms with Crippen LogP contribution in [-0.4, -0.2) is 53.8 Å². The van der Waals surface area contributed by atoms with Crippen molar-refractivity contribution in [2.75, 3.05) is 19.7 Å². The van der Waals surface area contributed by atoms with E-state index < -0.39 is 12.3 Å². The van der Waals surface area contributed by atoms with Crippen LogP contribution in [0.25, 0.3) is 0 Å². The number of ether oxygens (including phenoxy) is 2. The number of hydrogen-bond acceptors (Lipinski definition) is 4. The van der Waals surface area contributed by atoms with Crippen molar-refractivity contribution in [1.29, 1.82) is 0 Å². The Kier molecular flexibility index (Phi) is 3.50. The van der Waals surface area contributed by atoms with Crippen molar-refractivity contribution in [3.8, 4) is 5.75 Å². The highest BCUT2D eigenvalue weighted by molar-refractivity contribution is 5.81. The third-order valence-corrected chi connectivity index (χ3v) is 5.05. The van der Waals surface area contributed by atoms with Gasteiger partial charge in [0.05, 0.1) is 12.6 Å². The fraction of sp³-hybridized carbons (Fsp3) is 0.562. The standard InChI is InChI=1S/C16H18F2N2O3/c17-15(18)23-12-3-1-11(2-4-12)10-19-6-5-16-13(19)9-14(21)20(16)7-8-22-16/h1-4,13,15H,5-10H2/t13-,16+/m1/s1. The second kappa shape index (κ2) is 5.42. The van der Waals surface area contributed by atoms with Crippen molar-refractivity contribution in [2.24, 2.45) is 0 Å². The molecule has 0 unspecified atom stereocenters. The molecular formula is C16H18F2N2O3. The van der Waals surface area contributed by atoms with E-state index in [0.717, 1.165) is 18.5 Å². The Labute approximate surface area is 132 Å². The summed E-state index contributed by atoms with van der Waals surface area (Å²) in [5.41, 5.74) is 0.572. The van der Waals surface area contributed by atoms with Crippen LogP contribution in [-0.2, 0) is 16.1 Å². The van der Waals surface area contributed by atoms with Gasteiger partial charge in [-0.1, -0.05) is 12.1 Å². The van der Waals surface area contributed by atoms with Crippen molar-refractivity contribution in [1.82, 2.24) is 9.80 Å². The lowest BCUT2D eigenvalue weighted by Crippen LogP contribution is -2.47. The molecule has 3 aliphatic heterocycles. The quantitative estimate of drug-likeness (QED) is 0.847. The van der Waals surface area contributed by atoms with Gasteiger partial charge in [0.15, 0.2) is 5.72 Å². The molecular weight excluding hydrogens is 306 g/mol. The summed E-state index contributed by atoms with van der Waals surface area (Å²) in [5, 5.41) is 0. The summed E-state index contributed by atoms with van der Waals surface area (Å²) >= 11 is 0. The zero-order chi connectivity index (χ0) is 16.0. The minimum absolute atomic E-state index is 0.0782. The highest BCUT2D eigenvalue weighted by atomic mass is 19.3. The van der Waals surface area contributed by atoms with E-state index in [1.165, 1.54) is 0 Å². The first kappa shape index (κ1) is 14.8. The number of halogens is 2. The first-order chi connectivity index (χ1) is 11.1. The van der Waals surface area contributed by atoms with Crippen molar-refractivity contribution in [3.05, 3.63) is 29.8 Å². The Morgan fingerprint density at radius 1 is 1.30 bits per heavy atom. The molecule has 3 heterocycles. The molecule has 1 spiro atoms. The molecule has 0 aromatic heterocycles. The third-order valence-electron chi connectivity index (χ3n) is 5.05. The normalized spacial score (nSPS) is 30.1. The van der Waals surface area contributed by atoms with Crippen LogP contribution < -0.4 is 4.74 Å². The van der Waals surface area contributed by atoms with Gasteiger partial charge in [-0.25, -0.2) is 0 Å². The predicted molar refractivity (Wildman–Crippen MR) is 76.9 cm³/mol. The van der Waals surface area contributed by atoms with Gasteiger partial charge in [-0.2, -0.15) is 8.78 Å². The molecule has 3 saturated heterocycles. The molecule has 2 atom stereocenters. The predicted octanol–water partition coefficient (Wildman–Crippen LogP) is 1.82. The van der Waals surface area contributed by atoms with Gasteiger partial charge in [-0.3, -0.25) is 9.69 Å². The van der Waals surface area contributed by atoms with Crippen LogP contribution in [0.2, 0.25) is 0 Å². The summed E-state index contributed by atoms with van der Waals surface area (Å²) in [7, 11) is 0. The molecule has 0 bridgehead atoms. The number of rotatable bonds is 4. The van der Waals surface area contributed by atoms with Gasteiger partial charge >= 0.3 is 6.61 Å². The Balaban J connectivity index is 1.47. The van der Waals surface area contributed by atoms with E-state index in [0.29, 0.717) is 26.1 Å². The summed E-state index contributed by atoms with van der Waals surface area (Å²) in [6.07, 6.45) is 1.32. The fourth-order valence-corrected chi connectivity index (χ4v) is 4.08. The van der Waals surface area contributed by atoms with Gasteiger partial charge in [0.25, 0.3) is 0 Å².